The second kappa shape index (κ2) is 6.17. The van der Waals surface area contributed by atoms with E-state index in [0.717, 1.165) is 4.47 Å². The zero-order chi connectivity index (χ0) is 14.5. The van der Waals surface area contributed by atoms with Crippen molar-refractivity contribution in [1.29, 1.82) is 5.26 Å². The number of urea groups is 1. The minimum Gasteiger partial charge on any atom is -0.306 e. The van der Waals surface area contributed by atoms with Crippen molar-refractivity contribution in [2.75, 3.05) is 10.6 Å². The molecule has 0 bridgehead atoms. The topological polar surface area (TPSA) is 64.9 Å². The van der Waals surface area contributed by atoms with Crippen molar-refractivity contribution in [1.82, 2.24) is 0 Å². The quantitative estimate of drug-likeness (QED) is 0.868. The summed E-state index contributed by atoms with van der Waals surface area (Å²) in [4.78, 5) is 11.8. The molecule has 4 nitrogen and oxygen atoms in total. The lowest BCUT2D eigenvalue weighted by Gasteiger charge is -2.09. The number of nitrogens with one attached hydrogen (secondary N) is 2. The van der Waals surface area contributed by atoms with Gasteiger partial charge in [-0.3, -0.25) is 0 Å². The number of carbonyl (C=O) groups is 1. The molecule has 0 atom stereocenters. The van der Waals surface area contributed by atoms with Crippen LogP contribution in [-0.2, 0) is 0 Å². The highest BCUT2D eigenvalue weighted by Crippen LogP contribution is 2.21. The van der Waals surface area contributed by atoms with Crippen molar-refractivity contribution < 1.29 is 9.18 Å². The molecule has 2 N–H and O–H groups in total. The van der Waals surface area contributed by atoms with Gasteiger partial charge in [0.25, 0.3) is 0 Å². The Morgan fingerprint density at radius 2 is 1.85 bits per heavy atom. The maximum atomic E-state index is 13.4. The third-order valence-corrected chi connectivity index (χ3v) is 2.97. The van der Waals surface area contributed by atoms with Crippen LogP contribution in [-0.4, -0.2) is 6.03 Å². The Labute approximate surface area is 123 Å². The summed E-state index contributed by atoms with van der Waals surface area (Å²) in [7, 11) is 0. The van der Waals surface area contributed by atoms with Crippen LogP contribution in [0.5, 0.6) is 0 Å². The molecule has 0 spiro atoms. The summed E-state index contributed by atoms with van der Waals surface area (Å²) in [5.74, 6) is -0.530. The summed E-state index contributed by atoms with van der Waals surface area (Å²) in [5.41, 5.74) is 0.728. The van der Waals surface area contributed by atoms with Crippen molar-refractivity contribution >= 4 is 33.3 Å². The van der Waals surface area contributed by atoms with Gasteiger partial charge in [-0.25, -0.2) is 9.18 Å². The number of anilines is 2. The zero-order valence-electron chi connectivity index (χ0n) is 10.2. The minimum atomic E-state index is -0.621. The molecule has 0 saturated carbocycles. The van der Waals surface area contributed by atoms with Gasteiger partial charge in [0.05, 0.1) is 16.9 Å². The molecule has 2 rings (SSSR count). The van der Waals surface area contributed by atoms with E-state index in [1.807, 2.05) is 6.07 Å². The van der Waals surface area contributed by atoms with E-state index >= 15 is 0 Å². The van der Waals surface area contributed by atoms with Gasteiger partial charge in [-0.1, -0.05) is 28.1 Å². The van der Waals surface area contributed by atoms with E-state index in [-0.39, 0.29) is 5.69 Å². The number of para-hydroxylation sites is 1. The molecule has 0 fully saturated rings. The van der Waals surface area contributed by atoms with Gasteiger partial charge < -0.3 is 10.6 Å². The standard InChI is InChI=1S/C14H9BrFN3O/c15-10-6-5-9(8-17)13(7-10)19-14(20)18-12-4-2-1-3-11(12)16/h1-7H,(H2,18,19,20). The van der Waals surface area contributed by atoms with Gasteiger partial charge in [-0.05, 0) is 30.3 Å². The van der Waals surface area contributed by atoms with Crippen molar-refractivity contribution in [2.24, 2.45) is 0 Å². The lowest BCUT2D eigenvalue weighted by atomic mass is 10.2. The molecular formula is C14H9BrFN3O. The summed E-state index contributed by atoms with van der Waals surface area (Å²) in [5, 5.41) is 13.8. The predicted octanol–water partition coefficient (Wildman–Crippen LogP) is 4.10. The Morgan fingerprint density at radius 1 is 1.15 bits per heavy atom. The number of benzene rings is 2. The Morgan fingerprint density at radius 3 is 2.55 bits per heavy atom. The molecule has 2 amide bonds. The first kappa shape index (κ1) is 14.0. The molecule has 6 heteroatoms. The Bertz CT molecular complexity index is 697. The monoisotopic (exact) mass is 333 g/mol. The Balaban J connectivity index is 2.15. The van der Waals surface area contributed by atoms with Crippen LogP contribution in [0.4, 0.5) is 20.6 Å². The highest BCUT2D eigenvalue weighted by atomic mass is 79.9. The van der Waals surface area contributed by atoms with Crippen LogP contribution in [0.1, 0.15) is 5.56 Å². The molecule has 0 aliphatic carbocycles. The Hall–Kier alpha value is -2.39. The van der Waals surface area contributed by atoms with Gasteiger partial charge in [0, 0.05) is 4.47 Å². The lowest BCUT2D eigenvalue weighted by molar-refractivity contribution is 0.262. The first-order valence-electron chi connectivity index (χ1n) is 5.62. The summed E-state index contributed by atoms with van der Waals surface area (Å²) in [6, 6.07) is 12.0. The second-order valence-electron chi connectivity index (χ2n) is 3.86. The van der Waals surface area contributed by atoms with Gasteiger partial charge in [0.15, 0.2) is 0 Å². The second-order valence-corrected chi connectivity index (χ2v) is 4.78. The zero-order valence-corrected chi connectivity index (χ0v) is 11.7. The van der Waals surface area contributed by atoms with Crippen LogP contribution >= 0.6 is 15.9 Å². The highest BCUT2D eigenvalue weighted by molar-refractivity contribution is 9.10. The van der Waals surface area contributed by atoms with E-state index in [1.54, 1.807) is 24.3 Å². The van der Waals surface area contributed by atoms with Crippen molar-refractivity contribution in [3.63, 3.8) is 0 Å². The third kappa shape index (κ3) is 3.33. The first-order chi connectivity index (χ1) is 9.60. The predicted molar refractivity (Wildman–Crippen MR) is 77.9 cm³/mol. The number of hydrogen-bond acceptors (Lipinski definition) is 2. The molecule has 20 heavy (non-hydrogen) atoms. The van der Waals surface area contributed by atoms with E-state index in [1.165, 1.54) is 18.2 Å². The lowest BCUT2D eigenvalue weighted by Crippen LogP contribution is -2.20. The molecule has 0 saturated heterocycles. The molecule has 0 heterocycles. The summed E-state index contributed by atoms with van der Waals surface area (Å²) >= 11 is 3.25. The van der Waals surface area contributed by atoms with Gasteiger partial charge in [-0.15, -0.1) is 0 Å². The third-order valence-electron chi connectivity index (χ3n) is 2.47. The fraction of sp³-hybridized carbons (Fsp3) is 0. The van der Waals surface area contributed by atoms with Crippen LogP contribution in [0.15, 0.2) is 46.9 Å². The largest absolute Gasteiger partial charge is 0.323 e. The van der Waals surface area contributed by atoms with Gasteiger partial charge in [0.1, 0.15) is 11.9 Å². The number of carbonyl (C=O) groups excluding carboxylic acids is 1. The van der Waals surface area contributed by atoms with E-state index in [9.17, 15) is 9.18 Å². The van der Waals surface area contributed by atoms with E-state index < -0.39 is 11.8 Å². The molecule has 2 aromatic carbocycles. The smallest absolute Gasteiger partial charge is 0.306 e. The fourth-order valence-corrected chi connectivity index (χ4v) is 1.92. The molecule has 0 aliphatic rings. The van der Waals surface area contributed by atoms with Crippen molar-refractivity contribution in [3.8, 4) is 6.07 Å². The fourth-order valence-electron chi connectivity index (χ4n) is 1.56. The number of halogens is 2. The Kier molecular flexibility index (Phi) is 4.33. The minimum absolute atomic E-state index is 0.0681. The van der Waals surface area contributed by atoms with E-state index in [2.05, 4.69) is 26.6 Å². The van der Waals surface area contributed by atoms with Crippen LogP contribution in [0.2, 0.25) is 0 Å². The van der Waals surface area contributed by atoms with Gasteiger partial charge >= 0.3 is 6.03 Å². The van der Waals surface area contributed by atoms with Crippen LogP contribution in [0.25, 0.3) is 0 Å². The number of rotatable bonds is 2. The molecular weight excluding hydrogens is 325 g/mol. The summed E-state index contributed by atoms with van der Waals surface area (Å²) in [6.45, 7) is 0. The average molecular weight is 334 g/mol. The van der Waals surface area contributed by atoms with E-state index in [4.69, 9.17) is 5.26 Å². The molecule has 0 aromatic heterocycles. The molecule has 0 unspecified atom stereocenters. The van der Waals surface area contributed by atoms with Crippen molar-refractivity contribution in [3.05, 3.63) is 58.3 Å². The van der Waals surface area contributed by atoms with Crippen LogP contribution < -0.4 is 10.6 Å². The number of amides is 2. The molecule has 2 aromatic rings. The maximum Gasteiger partial charge on any atom is 0.323 e. The average Bonchev–Trinajstić information content (AvgIpc) is 2.41. The first-order valence-corrected chi connectivity index (χ1v) is 6.41. The summed E-state index contributed by atoms with van der Waals surface area (Å²) < 4.78 is 14.1. The van der Waals surface area contributed by atoms with Gasteiger partial charge in [0.2, 0.25) is 0 Å². The summed E-state index contributed by atoms with van der Waals surface area (Å²) in [6.07, 6.45) is 0. The highest BCUT2D eigenvalue weighted by Gasteiger charge is 2.09. The number of nitrogens with zero attached hydrogens (tertiary/aromatic N) is 1. The van der Waals surface area contributed by atoms with Crippen LogP contribution in [0.3, 0.4) is 0 Å². The maximum absolute atomic E-state index is 13.4. The molecule has 0 radical (unpaired) electrons. The van der Waals surface area contributed by atoms with Gasteiger partial charge in [-0.2, -0.15) is 5.26 Å². The van der Waals surface area contributed by atoms with Crippen LogP contribution in [0, 0.1) is 17.1 Å². The normalized spacial score (nSPS) is 9.65. The molecule has 100 valence electrons. The SMILES string of the molecule is N#Cc1ccc(Br)cc1NC(=O)Nc1ccccc1F. The molecule has 0 aliphatic heterocycles. The van der Waals surface area contributed by atoms with Crippen molar-refractivity contribution in [2.45, 2.75) is 0 Å². The number of hydrogen-bond donors (Lipinski definition) is 2. The van der Waals surface area contributed by atoms with E-state index in [0.29, 0.717) is 11.3 Å². The number of nitriles is 1.